The first-order valence-electron chi connectivity index (χ1n) is 7.82. The maximum atomic E-state index is 3.84. The van der Waals surface area contributed by atoms with E-state index in [1.54, 1.807) is 0 Å². The third-order valence-corrected chi connectivity index (χ3v) is 4.99. The van der Waals surface area contributed by atoms with Gasteiger partial charge in [-0.05, 0) is 50.6 Å². The summed E-state index contributed by atoms with van der Waals surface area (Å²) in [5, 5.41) is 9.68. The van der Waals surface area contributed by atoms with Crippen LogP contribution in [0.15, 0.2) is 17.5 Å². The monoisotopic (exact) mass is 280 g/mol. The van der Waals surface area contributed by atoms with Crippen molar-refractivity contribution in [3.8, 4) is 0 Å². The maximum absolute atomic E-state index is 3.84. The summed E-state index contributed by atoms with van der Waals surface area (Å²) in [5.41, 5.74) is 0. The Morgan fingerprint density at radius 1 is 1.47 bits per heavy atom. The second-order valence-electron chi connectivity index (χ2n) is 5.81. The zero-order chi connectivity index (χ0) is 13.5. The topological polar surface area (TPSA) is 24.1 Å². The highest BCUT2D eigenvalue weighted by molar-refractivity contribution is 7.10. The van der Waals surface area contributed by atoms with Gasteiger partial charge in [-0.2, -0.15) is 0 Å². The molecule has 2 rings (SSSR count). The van der Waals surface area contributed by atoms with Gasteiger partial charge in [0.15, 0.2) is 0 Å². The Balaban J connectivity index is 1.82. The minimum absolute atomic E-state index is 0.545. The van der Waals surface area contributed by atoms with Crippen LogP contribution in [0, 0.1) is 0 Å². The highest BCUT2D eigenvalue weighted by atomic mass is 32.1. The van der Waals surface area contributed by atoms with Crippen LogP contribution in [-0.2, 0) is 0 Å². The molecule has 2 heterocycles. The Morgan fingerprint density at radius 3 is 3.00 bits per heavy atom. The molecule has 1 aromatic heterocycles. The van der Waals surface area contributed by atoms with Crippen molar-refractivity contribution in [3.05, 3.63) is 22.4 Å². The molecular formula is C16H28N2S. The Bertz CT molecular complexity index is 331. The normalized spacial score (nSPS) is 23.2. The fourth-order valence-electron chi connectivity index (χ4n) is 3.05. The molecule has 3 heteroatoms. The van der Waals surface area contributed by atoms with E-state index in [2.05, 4.69) is 42.0 Å². The Hall–Kier alpha value is -0.380. The lowest BCUT2D eigenvalue weighted by Gasteiger charge is -2.29. The summed E-state index contributed by atoms with van der Waals surface area (Å²) < 4.78 is 0. The van der Waals surface area contributed by atoms with Crippen LogP contribution in [0.5, 0.6) is 0 Å². The quantitative estimate of drug-likeness (QED) is 0.786. The van der Waals surface area contributed by atoms with E-state index >= 15 is 0 Å². The lowest BCUT2D eigenvalue weighted by atomic mass is 9.98. The Morgan fingerprint density at radius 2 is 2.37 bits per heavy atom. The molecule has 0 radical (unpaired) electrons. The molecule has 0 aliphatic carbocycles. The van der Waals surface area contributed by atoms with Gasteiger partial charge in [-0.1, -0.05) is 25.8 Å². The second kappa shape index (κ2) is 8.03. The highest BCUT2D eigenvalue weighted by Gasteiger charge is 2.19. The van der Waals surface area contributed by atoms with Crippen molar-refractivity contribution in [1.82, 2.24) is 10.6 Å². The first-order chi connectivity index (χ1) is 9.29. The molecule has 2 nitrogen and oxygen atoms in total. The van der Waals surface area contributed by atoms with Crippen molar-refractivity contribution in [3.63, 3.8) is 0 Å². The fourth-order valence-corrected chi connectivity index (χ4v) is 3.87. The van der Waals surface area contributed by atoms with Crippen LogP contribution in [-0.4, -0.2) is 18.6 Å². The van der Waals surface area contributed by atoms with E-state index in [9.17, 15) is 0 Å². The molecule has 0 bridgehead atoms. The predicted octanol–water partition coefficient (Wildman–Crippen LogP) is 4.10. The molecule has 0 aromatic carbocycles. The van der Waals surface area contributed by atoms with Crippen molar-refractivity contribution in [2.75, 3.05) is 6.54 Å². The molecule has 1 fully saturated rings. The summed E-state index contributed by atoms with van der Waals surface area (Å²) in [6, 6.07) is 6.29. The van der Waals surface area contributed by atoms with Gasteiger partial charge in [-0.3, -0.25) is 0 Å². The average Bonchev–Trinajstić information content (AvgIpc) is 2.93. The van der Waals surface area contributed by atoms with Crippen LogP contribution in [0.3, 0.4) is 0 Å². The van der Waals surface area contributed by atoms with E-state index in [4.69, 9.17) is 0 Å². The van der Waals surface area contributed by atoms with Crippen LogP contribution in [0.1, 0.15) is 63.3 Å². The van der Waals surface area contributed by atoms with Gasteiger partial charge >= 0.3 is 0 Å². The summed E-state index contributed by atoms with van der Waals surface area (Å²) in [6.07, 6.45) is 7.83. The maximum Gasteiger partial charge on any atom is 0.0416 e. The van der Waals surface area contributed by atoms with E-state index < -0.39 is 0 Å². The molecule has 1 aliphatic heterocycles. The lowest BCUT2D eigenvalue weighted by Crippen LogP contribution is -2.40. The van der Waals surface area contributed by atoms with Crippen LogP contribution in [0.2, 0.25) is 0 Å². The number of nitrogens with one attached hydrogen (secondary N) is 2. The Labute approximate surface area is 122 Å². The molecule has 3 atom stereocenters. The van der Waals surface area contributed by atoms with Crippen LogP contribution in [0.25, 0.3) is 0 Å². The molecule has 1 saturated heterocycles. The fraction of sp³-hybridized carbons (Fsp3) is 0.750. The van der Waals surface area contributed by atoms with Crippen molar-refractivity contribution in [2.24, 2.45) is 0 Å². The molecular weight excluding hydrogens is 252 g/mol. The van der Waals surface area contributed by atoms with Crippen LogP contribution < -0.4 is 10.6 Å². The minimum atomic E-state index is 0.545. The first kappa shape index (κ1) is 15.0. The number of piperidine rings is 1. The van der Waals surface area contributed by atoms with E-state index in [0.29, 0.717) is 12.1 Å². The lowest BCUT2D eigenvalue weighted by molar-refractivity contribution is 0.326. The summed E-state index contributed by atoms with van der Waals surface area (Å²) in [6.45, 7) is 5.82. The Kier molecular flexibility index (Phi) is 6.35. The summed E-state index contributed by atoms with van der Waals surface area (Å²) >= 11 is 1.88. The van der Waals surface area contributed by atoms with Crippen molar-refractivity contribution in [2.45, 2.75) is 70.5 Å². The zero-order valence-corrected chi connectivity index (χ0v) is 13.1. The van der Waals surface area contributed by atoms with Crippen molar-refractivity contribution >= 4 is 11.3 Å². The SMILES string of the molecule is CCCC(NC(C)CC1CCCCN1)c1cccs1. The standard InChI is InChI=1S/C16H28N2S/c1-3-7-15(16-9-6-11-19-16)18-13(2)12-14-8-4-5-10-17-14/h6,9,11,13-15,17-18H,3-5,7-8,10,12H2,1-2H3. The molecule has 3 unspecified atom stereocenters. The van der Waals surface area contributed by atoms with Gasteiger partial charge in [0, 0.05) is 23.0 Å². The summed E-state index contributed by atoms with van der Waals surface area (Å²) in [5.74, 6) is 0. The van der Waals surface area contributed by atoms with Crippen molar-refractivity contribution < 1.29 is 0 Å². The number of hydrogen-bond donors (Lipinski definition) is 2. The van der Waals surface area contributed by atoms with Gasteiger partial charge in [0.05, 0.1) is 0 Å². The van der Waals surface area contributed by atoms with E-state index in [0.717, 1.165) is 6.04 Å². The molecule has 0 amide bonds. The van der Waals surface area contributed by atoms with Gasteiger partial charge < -0.3 is 10.6 Å². The zero-order valence-electron chi connectivity index (χ0n) is 12.3. The third kappa shape index (κ3) is 4.90. The van der Waals surface area contributed by atoms with Gasteiger partial charge in [-0.25, -0.2) is 0 Å². The van der Waals surface area contributed by atoms with Gasteiger partial charge in [-0.15, -0.1) is 11.3 Å². The molecule has 19 heavy (non-hydrogen) atoms. The molecule has 2 N–H and O–H groups in total. The molecule has 0 spiro atoms. The van der Waals surface area contributed by atoms with E-state index in [-0.39, 0.29) is 0 Å². The summed E-state index contributed by atoms with van der Waals surface area (Å²) in [4.78, 5) is 1.49. The molecule has 108 valence electrons. The van der Waals surface area contributed by atoms with E-state index in [1.807, 2.05) is 11.3 Å². The smallest absolute Gasteiger partial charge is 0.0416 e. The number of rotatable bonds is 7. The predicted molar refractivity (Wildman–Crippen MR) is 84.8 cm³/mol. The largest absolute Gasteiger partial charge is 0.314 e. The third-order valence-electron chi connectivity index (χ3n) is 4.00. The van der Waals surface area contributed by atoms with Crippen LogP contribution in [0.4, 0.5) is 0 Å². The number of hydrogen-bond acceptors (Lipinski definition) is 3. The second-order valence-corrected chi connectivity index (χ2v) is 6.79. The van der Waals surface area contributed by atoms with Gasteiger partial charge in [0.2, 0.25) is 0 Å². The number of thiophene rings is 1. The van der Waals surface area contributed by atoms with Crippen molar-refractivity contribution in [1.29, 1.82) is 0 Å². The summed E-state index contributed by atoms with van der Waals surface area (Å²) in [7, 11) is 0. The van der Waals surface area contributed by atoms with Gasteiger partial charge in [0.1, 0.15) is 0 Å². The van der Waals surface area contributed by atoms with Gasteiger partial charge in [0.25, 0.3) is 0 Å². The first-order valence-corrected chi connectivity index (χ1v) is 8.70. The minimum Gasteiger partial charge on any atom is -0.314 e. The molecule has 0 saturated carbocycles. The molecule has 1 aliphatic rings. The van der Waals surface area contributed by atoms with Crippen LogP contribution >= 0.6 is 11.3 Å². The highest BCUT2D eigenvalue weighted by Crippen LogP contribution is 2.24. The molecule has 1 aromatic rings. The average molecular weight is 280 g/mol. The van der Waals surface area contributed by atoms with E-state index in [1.165, 1.54) is 49.9 Å².